The van der Waals surface area contributed by atoms with E-state index in [1.54, 1.807) is 12.1 Å². The fourth-order valence-corrected chi connectivity index (χ4v) is 3.97. The second kappa shape index (κ2) is 5.39. The van der Waals surface area contributed by atoms with Gasteiger partial charge in [0.2, 0.25) is 0 Å². The molecule has 0 saturated carbocycles. The summed E-state index contributed by atoms with van der Waals surface area (Å²) < 4.78 is 0. The van der Waals surface area contributed by atoms with Crippen LogP contribution in [0.3, 0.4) is 0 Å². The largest absolute Gasteiger partial charge is 0.378 e. The van der Waals surface area contributed by atoms with Crippen molar-refractivity contribution in [3.63, 3.8) is 0 Å². The number of nitro groups is 1. The van der Waals surface area contributed by atoms with Gasteiger partial charge in [0, 0.05) is 34.3 Å². The summed E-state index contributed by atoms with van der Waals surface area (Å²) in [6, 6.07) is 12.9. The Hall–Kier alpha value is -2.33. The van der Waals surface area contributed by atoms with Gasteiger partial charge in [0.05, 0.1) is 11.0 Å². The Labute approximate surface area is 138 Å². The van der Waals surface area contributed by atoms with Gasteiger partial charge in [0.15, 0.2) is 0 Å². The van der Waals surface area contributed by atoms with E-state index in [0.29, 0.717) is 16.9 Å². The average Bonchev–Trinajstić information content (AvgIpc) is 3.04. The maximum atomic E-state index is 11.1. The summed E-state index contributed by atoms with van der Waals surface area (Å²) in [6.45, 7) is 0. The number of anilines is 1. The van der Waals surface area contributed by atoms with Crippen LogP contribution < -0.4 is 5.32 Å². The number of hydrogen-bond donors (Lipinski definition) is 1. The van der Waals surface area contributed by atoms with Crippen LogP contribution in [0.15, 0.2) is 54.6 Å². The van der Waals surface area contributed by atoms with Crippen molar-refractivity contribution in [1.29, 1.82) is 0 Å². The van der Waals surface area contributed by atoms with Crippen molar-refractivity contribution < 1.29 is 4.92 Å². The van der Waals surface area contributed by atoms with Crippen molar-refractivity contribution in [3.8, 4) is 0 Å². The number of nitrogens with one attached hydrogen (secondary N) is 1. The molecule has 1 N–H and O–H groups in total. The first kappa shape index (κ1) is 14.3. The second-order valence-electron chi connectivity index (χ2n) is 6.03. The molecule has 2 aliphatic rings. The molecule has 1 aliphatic heterocycles. The van der Waals surface area contributed by atoms with E-state index in [-0.39, 0.29) is 16.7 Å². The molecule has 2 aromatic carbocycles. The summed E-state index contributed by atoms with van der Waals surface area (Å²) in [6.07, 6.45) is 5.37. The van der Waals surface area contributed by atoms with E-state index < -0.39 is 0 Å². The normalized spacial score (nSPS) is 24.7. The summed E-state index contributed by atoms with van der Waals surface area (Å²) in [4.78, 5) is 10.7. The average molecular weight is 327 g/mol. The summed E-state index contributed by atoms with van der Waals surface area (Å²) >= 11 is 6.37. The smallest absolute Gasteiger partial charge is 0.269 e. The van der Waals surface area contributed by atoms with Crippen molar-refractivity contribution in [2.24, 2.45) is 5.92 Å². The third-order valence-corrected chi connectivity index (χ3v) is 5.14. The van der Waals surface area contributed by atoms with Gasteiger partial charge in [-0.25, -0.2) is 0 Å². The molecule has 4 nitrogen and oxygen atoms in total. The van der Waals surface area contributed by atoms with E-state index in [9.17, 15) is 10.1 Å². The summed E-state index contributed by atoms with van der Waals surface area (Å²) in [5, 5.41) is 15.2. The van der Waals surface area contributed by atoms with Crippen LogP contribution in [0.5, 0.6) is 0 Å². The van der Waals surface area contributed by atoms with E-state index in [4.69, 9.17) is 11.6 Å². The molecule has 5 heteroatoms. The Morgan fingerprint density at radius 3 is 2.83 bits per heavy atom. The van der Waals surface area contributed by atoms with Crippen LogP contribution in [-0.4, -0.2) is 4.92 Å². The molecule has 0 bridgehead atoms. The molecule has 1 aliphatic carbocycles. The molecule has 23 heavy (non-hydrogen) atoms. The molecule has 1 heterocycles. The highest BCUT2D eigenvalue weighted by Crippen LogP contribution is 2.50. The molecule has 2 aromatic rings. The Morgan fingerprint density at radius 1 is 1.17 bits per heavy atom. The van der Waals surface area contributed by atoms with Crippen LogP contribution in [0.1, 0.15) is 29.5 Å². The molecule has 0 amide bonds. The van der Waals surface area contributed by atoms with Crippen LogP contribution in [0.2, 0.25) is 5.02 Å². The van der Waals surface area contributed by atoms with E-state index in [0.717, 1.165) is 17.7 Å². The number of non-ortho nitro benzene ring substituents is 1. The van der Waals surface area contributed by atoms with Crippen molar-refractivity contribution in [3.05, 3.63) is 80.9 Å². The molecule has 4 rings (SSSR count). The Morgan fingerprint density at radius 2 is 2.00 bits per heavy atom. The van der Waals surface area contributed by atoms with Gasteiger partial charge < -0.3 is 5.32 Å². The van der Waals surface area contributed by atoms with Crippen LogP contribution in [0.4, 0.5) is 11.4 Å². The first-order valence-electron chi connectivity index (χ1n) is 7.61. The lowest BCUT2D eigenvalue weighted by Gasteiger charge is -2.37. The molecule has 0 unspecified atom stereocenters. The minimum Gasteiger partial charge on any atom is -0.378 e. The molecule has 0 radical (unpaired) electrons. The van der Waals surface area contributed by atoms with E-state index >= 15 is 0 Å². The van der Waals surface area contributed by atoms with Crippen LogP contribution in [-0.2, 0) is 0 Å². The predicted molar refractivity (Wildman–Crippen MR) is 90.9 cm³/mol. The Balaban J connectivity index is 1.81. The fourth-order valence-electron chi connectivity index (χ4n) is 3.73. The fraction of sp³-hybridized carbons (Fsp3) is 0.222. The van der Waals surface area contributed by atoms with Crippen LogP contribution in [0.25, 0.3) is 0 Å². The van der Waals surface area contributed by atoms with Gasteiger partial charge in [-0.3, -0.25) is 10.1 Å². The monoisotopic (exact) mass is 326 g/mol. The molecular formula is C18H15ClN2O2. The summed E-state index contributed by atoms with van der Waals surface area (Å²) in [7, 11) is 0. The quantitative estimate of drug-likeness (QED) is 0.476. The number of halogens is 1. The molecule has 0 fully saturated rings. The maximum absolute atomic E-state index is 11.1. The Bertz CT molecular complexity index is 818. The van der Waals surface area contributed by atoms with Gasteiger partial charge in [-0.2, -0.15) is 0 Å². The van der Waals surface area contributed by atoms with E-state index in [1.165, 1.54) is 11.6 Å². The van der Waals surface area contributed by atoms with Gasteiger partial charge in [0.25, 0.3) is 5.69 Å². The minimum atomic E-state index is -0.374. The summed E-state index contributed by atoms with van der Waals surface area (Å²) in [5.74, 6) is 0.650. The lowest BCUT2D eigenvalue weighted by molar-refractivity contribution is -0.384. The minimum absolute atomic E-state index is 0.0303. The van der Waals surface area contributed by atoms with Crippen molar-refractivity contribution >= 4 is 23.0 Å². The van der Waals surface area contributed by atoms with Gasteiger partial charge >= 0.3 is 0 Å². The van der Waals surface area contributed by atoms with Gasteiger partial charge in [-0.1, -0.05) is 42.0 Å². The number of fused-ring (bicyclic) bond motifs is 3. The van der Waals surface area contributed by atoms with E-state index in [1.807, 2.05) is 12.1 Å². The SMILES string of the molecule is O=[N+]([O-])c1ccc(Cl)c([C@H]2Nc3ccccc3[C@@H]3C=CC[C@@H]23)c1. The first-order valence-corrected chi connectivity index (χ1v) is 7.99. The molecule has 3 atom stereocenters. The van der Waals surface area contributed by atoms with Crippen molar-refractivity contribution in [1.82, 2.24) is 0 Å². The number of para-hydroxylation sites is 1. The van der Waals surface area contributed by atoms with Gasteiger partial charge in [0.1, 0.15) is 0 Å². The van der Waals surface area contributed by atoms with Crippen molar-refractivity contribution in [2.45, 2.75) is 18.4 Å². The Kier molecular flexibility index (Phi) is 3.34. The number of nitro benzene ring substituents is 1. The zero-order valence-corrected chi connectivity index (χ0v) is 13.0. The zero-order valence-electron chi connectivity index (χ0n) is 12.3. The molecular weight excluding hydrogens is 312 g/mol. The number of rotatable bonds is 2. The highest BCUT2D eigenvalue weighted by atomic mass is 35.5. The third-order valence-electron chi connectivity index (χ3n) is 4.80. The number of benzene rings is 2. The topological polar surface area (TPSA) is 55.2 Å². The number of nitrogens with zero attached hydrogens (tertiary/aromatic N) is 1. The third kappa shape index (κ3) is 2.30. The van der Waals surface area contributed by atoms with Gasteiger partial charge in [-0.15, -0.1) is 0 Å². The van der Waals surface area contributed by atoms with Crippen molar-refractivity contribution in [2.75, 3.05) is 5.32 Å². The molecule has 0 spiro atoms. The highest BCUT2D eigenvalue weighted by Gasteiger charge is 2.38. The van der Waals surface area contributed by atoms with Crippen LogP contribution in [0, 0.1) is 16.0 Å². The van der Waals surface area contributed by atoms with Crippen LogP contribution >= 0.6 is 11.6 Å². The lowest BCUT2D eigenvalue weighted by Crippen LogP contribution is -2.29. The standard InChI is InChI=1S/C18H15ClN2O2/c19-16-9-8-11(21(22)23)10-15(16)18-14-6-3-5-12(14)13-4-1-2-7-17(13)20-18/h1-5,7-10,12,14,18,20H,6H2/t12-,14+,18-/m0/s1. The number of allylic oxidation sites excluding steroid dienone is 2. The number of hydrogen-bond acceptors (Lipinski definition) is 3. The first-order chi connectivity index (χ1) is 11.1. The van der Waals surface area contributed by atoms with Gasteiger partial charge in [-0.05, 0) is 30.0 Å². The molecule has 0 saturated heterocycles. The predicted octanol–water partition coefficient (Wildman–Crippen LogP) is 5.07. The summed E-state index contributed by atoms with van der Waals surface area (Å²) in [5.41, 5.74) is 3.23. The maximum Gasteiger partial charge on any atom is 0.269 e. The molecule has 0 aromatic heterocycles. The molecule has 116 valence electrons. The van der Waals surface area contributed by atoms with E-state index in [2.05, 4.69) is 29.6 Å². The zero-order chi connectivity index (χ0) is 16.0. The lowest BCUT2D eigenvalue weighted by atomic mass is 9.77. The second-order valence-corrected chi connectivity index (χ2v) is 6.43. The highest BCUT2D eigenvalue weighted by molar-refractivity contribution is 6.31.